The van der Waals surface area contributed by atoms with E-state index in [1.54, 1.807) is 11.3 Å². The highest BCUT2D eigenvalue weighted by molar-refractivity contribution is 7.20. The number of hydrogen-bond donors (Lipinski definition) is 1. The van der Waals surface area contributed by atoms with Crippen molar-refractivity contribution >= 4 is 35.1 Å². The molecule has 6 heteroatoms. The Bertz CT molecular complexity index is 565. The standard InChI is InChI=1S/C15H21N3S2.ClH/c1-15(2)10-18(6-5-13(15)16)9-11-8-17-14(20-11)12-4-3-7-19-12;/h3-4,7-8,13H,5-6,9-10,16H2,1-2H3;1H. The van der Waals surface area contributed by atoms with Crippen LogP contribution in [0.5, 0.6) is 0 Å². The zero-order valence-electron chi connectivity index (χ0n) is 12.4. The molecule has 0 aromatic carbocycles. The molecular weight excluding hydrogens is 322 g/mol. The molecular formula is C15H22ClN3S2. The van der Waals surface area contributed by atoms with E-state index in [4.69, 9.17) is 5.73 Å². The smallest absolute Gasteiger partial charge is 0.133 e. The molecule has 0 spiro atoms. The number of thiazole rings is 1. The Hall–Kier alpha value is -0.460. The van der Waals surface area contributed by atoms with Gasteiger partial charge in [-0.05, 0) is 23.3 Å². The molecule has 3 nitrogen and oxygen atoms in total. The lowest BCUT2D eigenvalue weighted by Gasteiger charge is -2.42. The summed E-state index contributed by atoms with van der Waals surface area (Å²) in [6.07, 6.45) is 3.12. The molecule has 0 bridgehead atoms. The van der Waals surface area contributed by atoms with Crippen LogP contribution in [0.2, 0.25) is 0 Å². The van der Waals surface area contributed by atoms with Crippen LogP contribution < -0.4 is 5.73 Å². The van der Waals surface area contributed by atoms with Crippen LogP contribution in [0.4, 0.5) is 0 Å². The first-order valence-corrected chi connectivity index (χ1v) is 8.71. The van der Waals surface area contributed by atoms with Gasteiger partial charge >= 0.3 is 0 Å². The van der Waals surface area contributed by atoms with Crippen molar-refractivity contribution in [3.63, 3.8) is 0 Å². The molecule has 3 heterocycles. The number of hydrogen-bond acceptors (Lipinski definition) is 5. The van der Waals surface area contributed by atoms with Gasteiger partial charge in [0.15, 0.2) is 0 Å². The molecule has 1 atom stereocenters. The van der Waals surface area contributed by atoms with Crippen LogP contribution in [0.3, 0.4) is 0 Å². The Labute approximate surface area is 140 Å². The van der Waals surface area contributed by atoms with Crippen LogP contribution in [0.25, 0.3) is 9.88 Å². The molecule has 0 saturated carbocycles. The Balaban J connectivity index is 0.00000161. The summed E-state index contributed by atoms with van der Waals surface area (Å²) >= 11 is 3.56. The minimum absolute atomic E-state index is 0. The molecule has 1 aliphatic rings. The first-order valence-electron chi connectivity index (χ1n) is 7.01. The van der Waals surface area contributed by atoms with Gasteiger partial charge in [-0.1, -0.05) is 19.9 Å². The van der Waals surface area contributed by atoms with Crippen LogP contribution in [0.15, 0.2) is 23.7 Å². The Kier molecular flexibility index (Phi) is 5.43. The van der Waals surface area contributed by atoms with Crippen LogP contribution >= 0.6 is 35.1 Å². The monoisotopic (exact) mass is 343 g/mol. The fraction of sp³-hybridized carbons (Fsp3) is 0.533. The van der Waals surface area contributed by atoms with Crippen molar-refractivity contribution in [2.75, 3.05) is 13.1 Å². The summed E-state index contributed by atoms with van der Waals surface area (Å²) in [4.78, 5) is 9.67. The molecule has 116 valence electrons. The van der Waals surface area contributed by atoms with E-state index in [1.165, 1.54) is 9.75 Å². The Morgan fingerprint density at radius 1 is 1.48 bits per heavy atom. The van der Waals surface area contributed by atoms with Gasteiger partial charge in [-0.3, -0.25) is 4.90 Å². The minimum atomic E-state index is 0. The predicted molar refractivity (Wildman–Crippen MR) is 94.3 cm³/mol. The van der Waals surface area contributed by atoms with Gasteiger partial charge in [0.25, 0.3) is 0 Å². The molecule has 1 fully saturated rings. The van der Waals surface area contributed by atoms with E-state index in [9.17, 15) is 0 Å². The molecule has 3 rings (SSSR count). The molecule has 21 heavy (non-hydrogen) atoms. The molecule has 1 aliphatic heterocycles. The summed E-state index contributed by atoms with van der Waals surface area (Å²) in [5.41, 5.74) is 6.41. The minimum Gasteiger partial charge on any atom is -0.327 e. The number of halogens is 1. The second-order valence-corrected chi connectivity index (χ2v) is 8.27. The third kappa shape index (κ3) is 3.85. The summed E-state index contributed by atoms with van der Waals surface area (Å²) in [6.45, 7) is 7.71. The van der Waals surface area contributed by atoms with Crippen molar-refractivity contribution in [2.45, 2.75) is 32.9 Å². The van der Waals surface area contributed by atoms with E-state index < -0.39 is 0 Å². The number of aromatic nitrogens is 1. The van der Waals surface area contributed by atoms with Crippen molar-refractivity contribution in [2.24, 2.45) is 11.1 Å². The van der Waals surface area contributed by atoms with Gasteiger partial charge in [-0.25, -0.2) is 4.98 Å². The van der Waals surface area contributed by atoms with Gasteiger partial charge in [0.2, 0.25) is 0 Å². The van der Waals surface area contributed by atoms with Crippen molar-refractivity contribution in [3.05, 3.63) is 28.6 Å². The predicted octanol–water partition coefficient (Wildman–Crippen LogP) is 3.85. The molecule has 1 saturated heterocycles. The zero-order chi connectivity index (χ0) is 14.2. The maximum absolute atomic E-state index is 6.20. The SMILES string of the molecule is CC1(C)CN(Cc2cnc(-c3cccs3)s2)CCC1N.Cl. The van der Waals surface area contributed by atoms with Crippen LogP contribution in [0, 0.1) is 5.41 Å². The zero-order valence-corrected chi connectivity index (χ0v) is 14.9. The van der Waals surface area contributed by atoms with Crippen molar-refractivity contribution in [1.82, 2.24) is 9.88 Å². The molecule has 1 unspecified atom stereocenters. The first-order chi connectivity index (χ1) is 9.54. The highest BCUT2D eigenvalue weighted by Gasteiger charge is 2.33. The maximum atomic E-state index is 6.20. The normalized spacial score (nSPS) is 22.0. The summed E-state index contributed by atoms with van der Waals surface area (Å²) in [6, 6.07) is 4.54. The largest absolute Gasteiger partial charge is 0.327 e. The Morgan fingerprint density at radius 2 is 2.29 bits per heavy atom. The average molecular weight is 344 g/mol. The molecule has 0 radical (unpaired) electrons. The fourth-order valence-corrected chi connectivity index (χ4v) is 4.49. The highest BCUT2D eigenvalue weighted by Crippen LogP contribution is 2.32. The van der Waals surface area contributed by atoms with Crippen LogP contribution in [-0.4, -0.2) is 29.0 Å². The lowest BCUT2D eigenvalue weighted by Crippen LogP contribution is -2.51. The number of likely N-dealkylation sites (tertiary alicyclic amines) is 1. The van der Waals surface area contributed by atoms with Crippen LogP contribution in [0.1, 0.15) is 25.1 Å². The highest BCUT2D eigenvalue weighted by atomic mass is 35.5. The Morgan fingerprint density at radius 3 is 2.95 bits per heavy atom. The summed E-state index contributed by atoms with van der Waals surface area (Å²) in [5.74, 6) is 0. The van der Waals surface area contributed by atoms with Crippen molar-refractivity contribution < 1.29 is 0 Å². The molecule has 2 N–H and O–H groups in total. The number of thiophene rings is 1. The van der Waals surface area contributed by atoms with E-state index >= 15 is 0 Å². The van der Waals surface area contributed by atoms with Crippen LogP contribution in [-0.2, 0) is 6.54 Å². The lowest BCUT2D eigenvalue weighted by atomic mass is 9.80. The quantitative estimate of drug-likeness (QED) is 0.920. The molecule has 0 aliphatic carbocycles. The van der Waals surface area contributed by atoms with E-state index in [0.717, 1.165) is 31.1 Å². The van der Waals surface area contributed by atoms with Gasteiger partial charge < -0.3 is 5.73 Å². The molecule has 2 aromatic rings. The number of rotatable bonds is 3. The van der Waals surface area contributed by atoms with E-state index in [0.29, 0.717) is 6.04 Å². The van der Waals surface area contributed by atoms with Gasteiger partial charge in [0.1, 0.15) is 5.01 Å². The van der Waals surface area contributed by atoms with E-state index in [-0.39, 0.29) is 17.8 Å². The third-order valence-corrected chi connectivity index (χ3v) is 6.08. The molecule has 0 amide bonds. The number of piperidine rings is 1. The van der Waals surface area contributed by atoms with Crippen molar-refractivity contribution in [1.29, 1.82) is 0 Å². The second-order valence-electron chi connectivity index (χ2n) is 6.20. The fourth-order valence-electron chi connectivity index (χ4n) is 2.74. The maximum Gasteiger partial charge on any atom is 0.133 e. The van der Waals surface area contributed by atoms with E-state index in [2.05, 4.69) is 41.2 Å². The van der Waals surface area contributed by atoms with Gasteiger partial charge in [0, 0.05) is 36.8 Å². The van der Waals surface area contributed by atoms with Crippen molar-refractivity contribution in [3.8, 4) is 9.88 Å². The number of nitrogens with zero attached hydrogens (tertiary/aromatic N) is 2. The van der Waals surface area contributed by atoms with E-state index in [1.807, 2.05) is 17.5 Å². The second kappa shape index (κ2) is 6.75. The van der Waals surface area contributed by atoms with Gasteiger partial charge in [-0.15, -0.1) is 35.1 Å². The lowest BCUT2D eigenvalue weighted by molar-refractivity contribution is 0.0906. The molecule has 2 aromatic heterocycles. The summed E-state index contributed by atoms with van der Waals surface area (Å²) in [7, 11) is 0. The van der Waals surface area contributed by atoms with Gasteiger partial charge in [0.05, 0.1) is 4.88 Å². The topological polar surface area (TPSA) is 42.2 Å². The first kappa shape index (κ1) is 16.9. The third-order valence-electron chi connectivity index (χ3n) is 4.06. The number of nitrogens with two attached hydrogens (primary N) is 1. The van der Waals surface area contributed by atoms with Gasteiger partial charge in [-0.2, -0.15) is 0 Å². The summed E-state index contributed by atoms with van der Waals surface area (Å²) in [5, 5.41) is 3.24. The summed E-state index contributed by atoms with van der Waals surface area (Å²) < 4.78 is 0. The average Bonchev–Trinajstić information content (AvgIpc) is 3.03.